The molecule has 1 rings (SSSR count). The maximum Gasteiger partial charge on any atom is 0.319 e. The quantitative estimate of drug-likeness (QED) is 0.794. The average Bonchev–Trinajstić information content (AvgIpc) is 2.38. The van der Waals surface area contributed by atoms with Gasteiger partial charge in [0.1, 0.15) is 16.7 Å². The number of benzene rings is 1. The zero-order chi connectivity index (χ0) is 15.1. The molecular formula is C14H20O5S. The summed E-state index contributed by atoms with van der Waals surface area (Å²) in [6.45, 7) is 3.72. The van der Waals surface area contributed by atoms with Gasteiger partial charge in [0.25, 0.3) is 0 Å². The molecule has 0 radical (unpaired) electrons. The summed E-state index contributed by atoms with van der Waals surface area (Å²) in [6, 6.07) is 7.03. The lowest BCUT2D eigenvalue weighted by Gasteiger charge is -2.15. The Labute approximate surface area is 121 Å². The van der Waals surface area contributed by atoms with Crippen LogP contribution in [0.1, 0.15) is 13.8 Å². The van der Waals surface area contributed by atoms with Gasteiger partial charge < -0.3 is 14.6 Å². The Bertz CT molecular complexity index is 455. The van der Waals surface area contributed by atoms with Gasteiger partial charge in [-0.15, -0.1) is 0 Å². The fourth-order valence-corrected chi connectivity index (χ4v) is 3.08. The van der Waals surface area contributed by atoms with Gasteiger partial charge in [-0.05, 0) is 30.2 Å². The minimum Gasteiger partial charge on any atom is -0.497 e. The summed E-state index contributed by atoms with van der Waals surface area (Å²) >= 11 is 0. The van der Waals surface area contributed by atoms with E-state index in [9.17, 15) is 9.00 Å². The number of carboxylic acids is 1. The van der Waals surface area contributed by atoms with Gasteiger partial charge in [-0.3, -0.25) is 9.00 Å². The van der Waals surface area contributed by atoms with Crippen LogP contribution in [0.15, 0.2) is 24.3 Å². The molecule has 0 fully saturated rings. The van der Waals surface area contributed by atoms with Gasteiger partial charge in [0.05, 0.1) is 19.5 Å². The maximum atomic E-state index is 11.9. The van der Waals surface area contributed by atoms with Gasteiger partial charge in [0.15, 0.2) is 0 Å². The Balaban J connectivity index is 2.46. The van der Waals surface area contributed by atoms with Crippen molar-refractivity contribution in [3.63, 3.8) is 0 Å². The van der Waals surface area contributed by atoms with Gasteiger partial charge in [0.2, 0.25) is 0 Å². The van der Waals surface area contributed by atoms with Crippen LogP contribution in [0.25, 0.3) is 0 Å². The molecule has 2 atom stereocenters. The molecule has 2 unspecified atom stereocenters. The Morgan fingerprint density at radius 3 is 2.25 bits per heavy atom. The van der Waals surface area contributed by atoms with Crippen molar-refractivity contribution in [1.82, 2.24) is 0 Å². The lowest BCUT2D eigenvalue weighted by atomic mass is 10.1. The highest BCUT2D eigenvalue weighted by Crippen LogP contribution is 2.17. The predicted octanol–water partition coefficient (Wildman–Crippen LogP) is 1.93. The van der Waals surface area contributed by atoms with E-state index in [2.05, 4.69) is 0 Å². The zero-order valence-corrected chi connectivity index (χ0v) is 12.7. The summed E-state index contributed by atoms with van der Waals surface area (Å²) in [6.07, 6.45) is 0. The van der Waals surface area contributed by atoms with E-state index in [0.29, 0.717) is 5.75 Å². The molecule has 1 aromatic carbocycles. The van der Waals surface area contributed by atoms with Crippen LogP contribution < -0.4 is 9.47 Å². The van der Waals surface area contributed by atoms with Gasteiger partial charge in [-0.1, -0.05) is 13.8 Å². The van der Waals surface area contributed by atoms with Crippen LogP contribution in [0, 0.1) is 5.92 Å². The van der Waals surface area contributed by atoms with E-state index in [1.807, 2.05) is 0 Å². The fraction of sp³-hybridized carbons (Fsp3) is 0.500. The van der Waals surface area contributed by atoms with Crippen LogP contribution in [0.5, 0.6) is 11.5 Å². The number of carboxylic acid groups (broad SMARTS) is 1. The van der Waals surface area contributed by atoms with Crippen molar-refractivity contribution in [2.45, 2.75) is 19.1 Å². The molecule has 1 aromatic rings. The first-order valence-corrected chi connectivity index (χ1v) is 7.70. The van der Waals surface area contributed by atoms with Crippen LogP contribution in [0.3, 0.4) is 0 Å². The monoisotopic (exact) mass is 300 g/mol. The first-order valence-electron chi connectivity index (χ1n) is 6.32. The van der Waals surface area contributed by atoms with Gasteiger partial charge in [-0.2, -0.15) is 0 Å². The number of aliphatic carboxylic acids is 1. The summed E-state index contributed by atoms with van der Waals surface area (Å²) in [7, 11) is 0.133. The van der Waals surface area contributed by atoms with E-state index in [-0.39, 0.29) is 18.3 Å². The molecule has 0 aliphatic heterocycles. The maximum absolute atomic E-state index is 11.9. The molecule has 0 aliphatic rings. The lowest BCUT2D eigenvalue weighted by Crippen LogP contribution is -2.33. The van der Waals surface area contributed by atoms with Crippen LogP contribution >= 0.6 is 0 Å². The average molecular weight is 300 g/mol. The topological polar surface area (TPSA) is 72.8 Å². The smallest absolute Gasteiger partial charge is 0.319 e. The molecule has 0 amide bonds. The predicted molar refractivity (Wildman–Crippen MR) is 77.8 cm³/mol. The van der Waals surface area contributed by atoms with Crippen LogP contribution in [-0.4, -0.2) is 40.0 Å². The molecule has 112 valence electrons. The molecule has 6 heteroatoms. The van der Waals surface area contributed by atoms with Crippen molar-refractivity contribution < 1.29 is 23.6 Å². The Hall–Kier alpha value is -1.56. The molecule has 0 bridgehead atoms. The minimum absolute atomic E-state index is 0.172. The van der Waals surface area contributed by atoms with E-state index < -0.39 is 22.0 Å². The second-order valence-corrected chi connectivity index (χ2v) is 6.29. The third-order valence-electron chi connectivity index (χ3n) is 2.74. The van der Waals surface area contributed by atoms with Crippen LogP contribution in [0.2, 0.25) is 0 Å². The first-order chi connectivity index (χ1) is 9.45. The number of carbonyl (C=O) groups is 1. The van der Waals surface area contributed by atoms with Crippen molar-refractivity contribution >= 4 is 16.8 Å². The van der Waals surface area contributed by atoms with Crippen LogP contribution in [0.4, 0.5) is 0 Å². The van der Waals surface area contributed by atoms with E-state index in [1.54, 1.807) is 45.2 Å². The van der Waals surface area contributed by atoms with Crippen LogP contribution in [-0.2, 0) is 15.6 Å². The molecule has 5 nitrogen and oxygen atoms in total. The summed E-state index contributed by atoms with van der Waals surface area (Å²) in [5.41, 5.74) is 0. The molecule has 0 saturated carbocycles. The molecule has 0 saturated heterocycles. The molecule has 0 spiro atoms. The van der Waals surface area contributed by atoms with Gasteiger partial charge in [0, 0.05) is 10.8 Å². The fourth-order valence-electron chi connectivity index (χ4n) is 1.74. The number of hydrogen-bond donors (Lipinski definition) is 1. The normalized spacial score (nSPS) is 13.8. The third kappa shape index (κ3) is 4.85. The second-order valence-electron chi connectivity index (χ2n) is 4.61. The third-order valence-corrected chi connectivity index (χ3v) is 4.63. The standard InChI is InChI=1S/C14H20O5S/c1-10(2)13(14(15)16)20(17)9-8-19-12-6-4-11(18-3)5-7-12/h4-7,10,13H,8-9H2,1-3H3,(H,15,16). The zero-order valence-electron chi connectivity index (χ0n) is 11.9. The molecule has 0 aromatic heterocycles. The molecule has 20 heavy (non-hydrogen) atoms. The number of hydrogen-bond acceptors (Lipinski definition) is 4. The number of methoxy groups -OCH3 is 1. The van der Waals surface area contributed by atoms with E-state index in [0.717, 1.165) is 5.75 Å². The minimum atomic E-state index is -1.45. The van der Waals surface area contributed by atoms with E-state index in [1.165, 1.54) is 0 Å². The van der Waals surface area contributed by atoms with E-state index >= 15 is 0 Å². The van der Waals surface area contributed by atoms with Crippen molar-refractivity contribution in [2.24, 2.45) is 5.92 Å². The summed E-state index contributed by atoms with van der Waals surface area (Å²) in [4.78, 5) is 11.0. The molecular weight excluding hydrogens is 280 g/mol. The van der Waals surface area contributed by atoms with Gasteiger partial charge >= 0.3 is 5.97 Å². The Morgan fingerprint density at radius 1 is 1.25 bits per heavy atom. The Morgan fingerprint density at radius 2 is 1.80 bits per heavy atom. The number of rotatable bonds is 8. The van der Waals surface area contributed by atoms with Crippen molar-refractivity contribution in [2.75, 3.05) is 19.5 Å². The largest absolute Gasteiger partial charge is 0.497 e. The second kappa shape index (κ2) is 7.89. The highest BCUT2D eigenvalue weighted by molar-refractivity contribution is 7.86. The lowest BCUT2D eigenvalue weighted by molar-refractivity contribution is -0.137. The molecule has 0 heterocycles. The summed E-state index contributed by atoms with van der Waals surface area (Å²) in [5.74, 6) is 0.365. The molecule has 1 N–H and O–H groups in total. The van der Waals surface area contributed by atoms with Gasteiger partial charge in [-0.25, -0.2) is 0 Å². The van der Waals surface area contributed by atoms with E-state index in [4.69, 9.17) is 14.6 Å². The SMILES string of the molecule is COc1ccc(OCCS(=O)C(C(=O)O)C(C)C)cc1. The number of ether oxygens (including phenoxy) is 2. The first kappa shape index (κ1) is 16.5. The van der Waals surface area contributed by atoms with Crippen molar-refractivity contribution in [1.29, 1.82) is 0 Å². The summed E-state index contributed by atoms with van der Waals surface area (Å²) < 4.78 is 22.4. The van der Waals surface area contributed by atoms with Crippen molar-refractivity contribution in [3.8, 4) is 11.5 Å². The highest BCUT2D eigenvalue weighted by atomic mass is 32.2. The summed E-state index contributed by atoms with van der Waals surface area (Å²) in [5, 5.41) is 8.19. The van der Waals surface area contributed by atoms with Crippen molar-refractivity contribution in [3.05, 3.63) is 24.3 Å². The molecule has 0 aliphatic carbocycles. The Kier molecular flexibility index (Phi) is 6.51. The highest BCUT2D eigenvalue weighted by Gasteiger charge is 2.27.